The van der Waals surface area contributed by atoms with Crippen LogP contribution in [0.15, 0.2) is 66.9 Å². The molecule has 2 aromatic heterocycles. The van der Waals surface area contributed by atoms with Crippen molar-refractivity contribution in [2.45, 2.75) is 6.54 Å². The highest BCUT2D eigenvalue weighted by Crippen LogP contribution is 2.31. The summed E-state index contributed by atoms with van der Waals surface area (Å²) in [7, 11) is 1.48. The van der Waals surface area contributed by atoms with Crippen LogP contribution in [0.5, 0.6) is 11.5 Å². The number of benzene rings is 2. The van der Waals surface area contributed by atoms with Crippen LogP contribution in [0.2, 0.25) is 0 Å². The van der Waals surface area contributed by atoms with Crippen LogP contribution in [0.4, 0.5) is 10.6 Å². The number of carbonyl (C=O) groups excluding carboxylic acids is 1. The maximum atomic E-state index is 12.5. The number of pyridine rings is 1. The van der Waals surface area contributed by atoms with Crippen LogP contribution in [-0.2, 0) is 6.54 Å². The molecule has 0 aliphatic heterocycles. The number of thiol groups is 1. The number of hydrogen-bond donors (Lipinski definition) is 3. The zero-order valence-electron chi connectivity index (χ0n) is 16.6. The van der Waals surface area contributed by atoms with Crippen LogP contribution in [0.25, 0.3) is 22.4 Å². The van der Waals surface area contributed by atoms with Crippen molar-refractivity contribution in [2.75, 3.05) is 12.4 Å². The first-order valence-corrected chi connectivity index (χ1v) is 9.76. The molecule has 2 amide bonds. The van der Waals surface area contributed by atoms with Gasteiger partial charge in [0.1, 0.15) is 5.52 Å². The standard InChI is InChI=1S/C22H19N5O3S/c1-30-19-11-15(7-10-18(19)28)16-8-9-17-21(24-16)25-20(12-23-17)26-22(29)27(31)13-14-5-3-2-4-6-14/h2-12,28,31H,13H2,1H3,(H,24,25,26,29). The van der Waals surface area contributed by atoms with E-state index in [1.807, 2.05) is 30.3 Å². The monoisotopic (exact) mass is 433 g/mol. The van der Waals surface area contributed by atoms with E-state index in [1.54, 1.807) is 24.3 Å². The molecule has 2 aromatic carbocycles. The van der Waals surface area contributed by atoms with E-state index in [0.717, 1.165) is 11.1 Å². The van der Waals surface area contributed by atoms with Crippen molar-refractivity contribution in [3.63, 3.8) is 0 Å². The molecule has 0 atom stereocenters. The number of aromatic nitrogens is 3. The molecular weight excluding hydrogens is 414 g/mol. The molecule has 31 heavy (non-hydrogen) atoms. The summed E-state index contributed by atoms with van der Waals surface area (Å²) in [6.07, 6.45) is 1.47. The van der Waals surface area contributed by atoms with Gasteiger partial charge in [-0.15, -0.1) is 0 Å². The first-order valence-electron chi connectivity index (χ1n) is 9.36. The van der Waals surface area contributed by atoms with E-state index < -0.39 is 6.03 Å². The number of nitrogens with zero attached hydrogens (tertiary/aromatic N) is 4. The number of ether oxygens (including phenoxy) is 1. The Kier molecular flexibility index (Phi) is 5.85. The van der Waals surface area contributed by atoms with Crippen molar-refractivity contribution < 1.29 is 14.6 Å². The molecule has 9 heteroatoms. The van der Waals surface area contributed by atoms with E-state index in [4.69, 9.17) is 4.74 Å². The van der Waals surface area contributed by atoms with Gasteiger partial charge in [-0.2, -0.15) is 0 Å². The third-order valence-electron chi connectivity index (χ3n) is 4.53. The predicted octanol–water partition coefficient (Wildman–Crippen LogP) is 4.28. The van der Waals surface area contributed by atoms with Gasteiger partial charge in [0.15, 0.2) is 23.0 Å². The number of methoxy groups -OCH3 is 1. The van der Waals surface area contributed by atoms with Crippen LogP contribution < -0.4 is 10.1 Å². The molecule has 4 aromatic rings. The molecule has 0 aliphatic rings. The van der Waals surface area contributed by atoms with Gasteiger partial charge in [0.2, 0.25) is 0 Å². The number of fused-ring (bicyclic) bond motifs is 1. The molecule has 0 bridgehead atoms. The minimum Gasteiger partial charge on any atom is -0.504 e. The van der Waals surface area contributed by atoms with E-state index in [-0.39, 0.29) is 11.6 Å². The molecule has 0 spiro atoms. The number of amides is 2. The Morgan fingerprint density at radius 2 is 1.94 bits per heavy atom. The fourth-order valence-electron chi connectivity index (χ4n) is 2.96. The van der Waals surface area contributed by atoms with Crippen molar-refractivity contribution in [3.05, 3.63) is 72.4 Å². The average Bonchev–Trinajstić information content (AvgIpc) is 2.79. The van der Waals surface area contributed by atoms with E-state index in [2.05, 4.69) is 33.1 Å². The summed E-state index contributed by atoms with van der Waals surface area (Å²) in [6.45, 7) is 0.335. The van der Waals surface area contributed by atoms with E-state index in [1.165, 1.54) is 23.7 Å². The van der Waals surface area contributed by atoms with Gasteiger partial charge < -0.3 is 9.84 Å². The van der Waals surface area contributed by atoms with Crippen molar-refractivity contribution in [3.8, 4) is 22.8 Å². The summed E-state index contributed by atoms with van der Waals surface area (Å²) in [5.74, 6) is 0.653. The third kappa shape index (κ3) is 4.67. The summed E-state index contributed by atoms with van der Waals surface area (Å²) in [4.78, 5) is 25.7. The molecule has 4 rings (SSSR count). The predicted molar refractivity (Wildman–Crippen MR) is 121 cm³/mol. The molecule has 0 radical (unpaired) electrons. The van der Waals surface area contributed by atoms with Gasteiger partial charge in [0, 0.05) is 5.56 Å². The number of phenolic OH excluding ortho intramolecular Hbond substituents is 1. The minimum absolute atomic E-state index is 0.0450. The Morgan fingerprint density at radius 1 is 1.13 bits per heavy atom. The van der Waals surface area contributed by atoms with Crippen molar-refractivity contribution >= 4 is 35.8 Å². The minimum atomic E-state index is -0.430. The maximum absolute atomic E-state index is 12.5. The Balaban J connectivity index is 1.55. The lowest BCUT2D eigenvalue weighted by Gasteiger charge is -2.16. The quantitative estimate of drug-likeness (QED) is 0.406. The fourth-order valence-corrected chi connectivity index (χ4v) is 3.17. The Hall–Kier alpha value is -3.85. The number of hydrogen-bond acceptors (Lipinski definition) is 7. The third-order valence-corrected chi connectivity index (χ3v) is 4.85. The number of anilines is 1. The second kappa shape index (κ2) is 8.88. The first kappa shape index (κ1) is 20.4. The zero-order chi connectivity index (χ0) is 21.8. The fraction of sp³-hybridized carbons (Fsp3) is 0.0909. The van der Waals surface area contributed by atoms with Crippen LogP contribution in [-0.4, -0.2) is 37.5 Å². The second-order valence-electron chi connectivity index (χ2n) is 6.65. The van der Waals surface area contributed by atoms with Gasteiger partial charge in [-0.1, -0.05) is 43.1 Å². The normalized spacial score (nSPS) is 10.6. The van der Waals surface area contributed by atoms with E-state index >= 15 is 0 Å². The Labute approximate surface area is 184 Å². The van der Waals surface area contributed by atoms with Gasteiger partial charge >= 0.3 is 6.03 Å². The molecule has 2 N–H and O–H groups in total. The highest BCUT2D eigenvalue weighted by Gasteiger charge is 2.13. The zero-order valence-corrected chi connectivity index (χ0v) is 17.5. The van der Waals surface area contributed by atoms with Crippen LogP contribution >= 0.6 is 12.8 Å². The largest absolute Gasteiger partial charge is 0.504 e. The number of urea groups is 1. The van der Waals surface area contributed by atoms with Crippen molar-refractivity contribution in [1.82, 2.24) is 19.3 Å². The van der Waals surface area contributed by atoms with E-state index in [9.17, 15) is 9.90 Å². The lowest BCUT2D eigenvalue weighted by atomic mass is 10.1. The summed E-state index contributed by atoms with van der Waals surface area (Å²) in [5, 5.41) is 12.5. The number of nitrogens with one attached hydrogen (secondary N) is 1. The number of rotatable bonds is 5. The van der Waals surface area contributed by atoms with Gasteiger partial charge in [-0.05, 0) is 35.9 Å². The molecule has 0 saturated heterocycles. The molecule has 0 fully saturated rings. The summed E-state index contributed by atoms with van der Waals surface area (Å²) in [5.41, 5.74) is 3.28. The number of carbonyl (C=O) groups is 1. The summed E-state index contributed by atoms with van der Waals surface area (Å²) in [6, 6.07) is 17.6. The Morgan fingerprint density at radius 3 is 2.71 bits per heavy atom. The smallest absolute Gasteiger partial charge is 0.333 e. The van der Waals surface area contributed by atoms with Gasteiger partial charge in [-0.3, -0.25) is 9.62 Å². The molecule has 2 heterocycles. The SMILES string of the molecule is COc1cc(-c2ccc3ncc(NC(=O)N(S)Cc4ccccc4)nc3n2)ccc1O. The van der Waals surface area contributed by atoms with Gasteiger partial charge in [-0.25, -0.2) is 19.7 Å². The van der Waals surface area contributed by atoms with Crippen molar-refractivity contribution in [1.29, 1.82) is 0 Å². The highest BCUT2D eigenvalue weighted by molar-refractivity contribution is 7.78. The lowest BCUT2D eigenvalue weighted by Crippen LogP contribution is -2.27. The lowest BCUT2D eigenvalue weighted by molar-refractivity contribution is 0.238. The van der Waals surface area contributed by atoms with Crippen LogP contribution in [0.3, 0.4) is 0 Å². The van der Waals surface area contributed by atoms with Gasteiger partial charge in [0.05, 0.1) is 25.5 Å². The Bertz CT molecular complexity index is 1240. The van der Waals surface area contributed by atoms with Gasteiger partial charge in [0.25, 0.3) is 0 Å². The molecule has 156 valence electrons. The molecule has 0 saturated carbocycles. The summed E-state index contributed by atoms with van der Waals surface area (Å²) < 4.78 is 6.42. The van der Waals surface area contributed by atoms with Crippen LogP contribution in [0, 0.1) is 0 Å². The molecule has 8 nitrogen and oxygen atoms in total. The first-order chi connectivity index (χ1) is 15.0. The second-order valence-corrected chi connectivity index (χ2v) is 7.14. The topological polar surface area (TPSA) is 100 Å². The highest BCUT2D eigenvalue weighted by atomic mass is 32.1. The van der Waals surface area contributed by atoms with E-state index in [0.29, 0.717) is 29.2 Å². The molecule has 0 aliphatic carbocycles. The molecule has 0 unspecified atom stereocenters. The number of aromatic hydroxyl groups is 1. The summed E-state index contributed by atoms with van der Waals surface area (Å²) >= 11 is 4.26. The van der Waals surface area contributed by atoms with Crippen molar-refractivity contribution in [2.24, 2.45) is 0 Å². The average molecular weight is 433 g/mol. The number of phenols is 1. The molecular formula is C22H19N5O3S. The van der Waals surface area contributed by atoms with Crippen LogP contribution in [0.1, 0.15) is 5.56 Å². The maximum Gasteiger partial charge on any atom is 0.333 e.